The van der Waals surface area contributed by atoms with E-state index in [0.717, 1.165) is 17.0 Å². The lowest BCUT2D eigenvalue weighted by Gasteiger charge is -2.13. The molecule has 0 fully saturated rings. The van der Waals surface area contributed by atoms with Crippen LogP contribution in [0, 0.1) is 11.8 Å². The number of rotatable bonds is 8. The van der Waals surface area contributed by atoms with Crippen molar-refractivity contribution in [2.75, 3.05) is 0 Å². The van der Waals surface area contributed by atoms with E-state index < -0.39 is 5.97 Å². The molecule has 1 unspecified atom stereocenters. The molecule has 1 heterocycles. The highest BCUT2D eigenvalue weighted by molar-refractivity contribution is 7.78. The van der Waals surface area contributed by atoms with Gasteiger partial charge in [0.15, 0.2) is 0 Å². The van der Waals surface area contributed by atoms with Gasteiger partial charge in [-0.2, -0.15) is 5.10 Å². The van der Waals surface area contributed by atoms with Crippen molar-refractivity contribution in [3.8, 4) is 23.0 Å². The van der Waals surface area contributed by atoms with Crippen LogP contribution < -0.4 is 0 Å². The SMILES string of the molecule is CC#CCC(CC=S)c1ncnn1Cc1ccc(-c2ccccc2C(=O)O)cc1. The molecule has 2 aromatic carbocycles. The van der Waals surface area contributed by atoms with Gasteiger partial charge in [0.2, 0.25) is 0 Å². The molecule has 146 valence electrons. The van der Waals surface area contributed by atoms with Crippen molar-refractivity contribution >= 4 is 23.6 Å². The normalized spacial score (nSPS) is 11.3. The quantitative estimate of drug-likeness (QED) is 0.440. The van der Waals surface area contributed by atoms with Crippen molar-refractivity contribution in [2.24, 2.45) is 0 Å². The number of carboxylic acid groups (broad SMARTS) is 1. The molecule has 0 bridgehead atoms. The van der Waals surface area contributed by atoms with Gasteiger partial charge in [-0.25, -0.2) is 14.5 Å². The van der Waals surface area contributed by atoms with Crippen molar-refractivity contribution in [2.45, 2.75) is 32.2 Å². The fourth-order valence-corrected chi connectivity index (χ4v) is 3.45. The summed E-state index contributed by atoms with van der Waals surface area (Å²) in [6.07, 6.45) is 2.96. The van der Waals surface area contributed by atoms with E-state index in [9.17, 15) is 9.90 Å². The second-order valence-electron chi connectivity index (χ2n) is 6.55. The summed E-state index contributed by atoms with van der Waals surface area (Å²) < 4.78 is 1.88. The first kappa shape index (κ1) is 20.4. The Morgan fingerprint density at radius 2 is 2.00 bits per heavy atom. The number of hydrogen-bond donors (Lipinski definition) is 1. The molecule has 0 aliphatic carbocycles. The molecule has 29 heavy (non-hydrogen) atoms. The number of carbonyl (C=O) groups is 1. The molecule has 1 atom stereocenters. The summed E-state index contributed by atoms with van der Waals surface area (Å²) >= 11 is 5.04. The Morgan fingerprint density at radius 1 is 1.24 bits per heavy atom. The van der Waals surface area contributed by atoms with Crippen molar-refractivity contribution in [3.63, 3.8) is 0 Å². The fraction of sp³-hybridized carbons (Fsp3) is 0.217. The van der Waals surface area contributed by atoms with E-state index in [-0.39, 0.29) is 5.92 Å². The molecular formula is C23H21N3O2S. The summed E-state index contributed by atoms with van der Waals surface area (Å²) in [4.78, 5) is 15.9. The van der Waals surface area contributed by atoms with E-state index in [1.54, 1.807) is 23.8 Å². The van der Waals surface area contributed by atoms with Crippen LogP contribution in [0.25, 0.3) is 11.1 Å². The fourth-order valence-electron chi connectivity index (χ4n) is 3.22. The number of aromatic carboxylic acids is 1. The minimum atomic E-state index is -0.934. The zero-order chi connectivity index (χ0) is 20.6. The van der Waals surface area contributed by atoms with Gasteiger partial charge < -0.3 is 5.11 Å². The average molecular weight is 404 g/mol. The minimum absolute atomic E-state index is 0.115. The van der Waals surface area contributed by atoms with Gasteiger partial charge in [0.1, 0.15) is 12.2 Å². The molecule has 0 saturated carbocycles. The highest BCUT2D eigenvalue weighted by atomic mass is 32.1. The molecule has 3 aromatic rings. The first-order valence-corrected chi connectivity index (χ1v) is 9.73. The van der Waals surface area contributed by atoms with E-state index >= 15 is 0 Å². The van der Waals surface area contributed by atoms with Crippen LogP contribution in [0.2, 0.25) is 0 Å². The lowest BCUT2D eigenvalue weighted by Crippen LogP contribution is -2.12. The standard InChI is InChI=1S/C23H21N3O2S/c1-2-3-6-19(13-14-29)22-24-16-25-26(22)15-17-9-11-18(12-10-17)20-7-4-5-8-21(20)23(27)28/h4-5,7-12,14,16,19H,6,13,15H2,1H3,(H,27,28). The molecule has 5 nitrogen and oxygen atoms in total. The third-order valence-electron chi connectivity index (χ3n) is 4.67. The molecule has 0 aliphatic rings. The van der Waals surface area contributed by atoms with Gasteiger partial charge in [-0.1, -0.05) is 54.7 Å². The van der Waals surface area contributed by atoms with Crippen LogP contribution in [0.4, 0.5) is 0 Å². The van der Waals surface area contributed by atoms with Gasteiger partial charge in [-0.15, -0.1) is 11.8 Å². The van der Waals surface area contributed by atoms with Gasteiger partial charge in [0, 0.05) is 12.3 Å². The van der Waals surface area contributed by atoms with Crippen LogP contribution in [0.5, 0.6) is 0 Å². The lowest BCUT2D eigenvalue weighted by molar-refractivity contribution is 0.0697. The van der Waals surface area contributed by atoms with E-state index in [1.807, 2.05) is 48.0 Å². The largest absolute Gasteiger partial charge is 0.478 e. The van der Waals surface area contributed by atoms with E-state index in [2.05, 4.69) is 21.9 Å². The Kier molecular flexibility index (Phi) is 6.88. The topological polar surface area (TPSA) is 68.0 Å². The maximum absolute atomic E-state index is 11.5. The van der Waals surface area contributed by atoms with Gasteiger partial charge in [-0.3, -0.25) is 0 Å². The van der Waals surface area contributed by atoms with Crippen molar-refractivity contribution in [1.82, 2.24) is 14.8 Å². The maximum Gasteiger partial charge on any atom is 0.336 e. The van der Waals surface area contributed by atoms with Gasteiger partial charge in [0.05, 0.1) is 12.1 Å². The summed E-state index contributed by atoms with van der Waals surface area (Å²) in [6.45, 7) is 2.40. The summed E-state index contributed by atoms with van der Waals surface area (Å²) in [5, 5.41) is 15.5. The zero-order valence-corrected chi connectivity index (χ0v) is 16.9. The predicted octanol–water partition coefficient (Wildman–Crippen LogP) is 4.58. The molecule has 0 saturated heterocycles. The third-order valence-corrected chi connectivity index (χ3v) is 4.86. The predicted molar refractivity (Wildman–Crippen MR) is 117 cm³/mol. The van der Waals surface area contributed by atoms with Crippen LogP contribution in [0.15, 0.2) is 54.9 Å². The first-order chi connectivity index (χ1) is 14.1. The Morgan fingerprint density at radius 3 is 2.69 bits per heavy atom. The molecule has 6 heteroatoms. The molecule has 0 spiro atoms. The summed E-state index contributed by atoms with van der Waals surface area (Å²) in [5.41, 5.74) is 2.91. The number of hydrogen-bond acceptors (Lipinski definition) is 4. The monoisotopic (exact) mass is 403 g/mol. The summed E-state index contributed by atoms with van der Waals surface area (Å²) in [5.74, 6) is 6.08. The Labute approximate surface area is 175 Å². The van der Waals surface area contributed by atoms with Crippen molar-refractivity contribution < 1.29 is 9.90 Å². The molecular weight excluding hydrogens is 382 g/mol. The number of carboxylic acids is 1. The van der Waals surface area contributed by atoms with Crippen molar-refractivity contribution in [1.29, 1.82) is 0 Å². The Hall–Kier alpha value is -3.30. The molecule has 0 amide bonds. The molecule has 0 aliphatic heterocycles. The van der Waals surface area contributed by atoms with E-state index in [1.165, 1.54) is 0 Å². The average Bonchev–Trinajstić information content (AvgIpc) is 3.19. The van der Waals surface area contributed by atoms with E-state index in [4.69, 9.17) is 12.2 Å². The van der Waals surface area contributed by atoms with Crippen LogP contribution in [-0.4, -0.2) is 31.2 Å². The zero-order valence-electron chi connectivity index (χ0n) is 16.1. The smallest absolute Gasteiger partial charge is 0.336 e. The van der Waals surface area contributed by atoms with Crippen LogP contribution in [0.1, 0.15) is 47.4 Å². The van der Waals surface area contributed by atoms with Gasteiger partial charge in [-0.05, 0) is 41.5 Å². The van der Waals surface area contributed by atoms with Crippen LogP contribution >= 0.6 is 12.2 Å². The Balaban J connectivity index is 1.83. The number of aromatic nitrogens is 3. The second-order valence-corrected chi connectivity index (χ2v) is 6.89. The number of benzene rings is 2. The van der Waals surface area contributed by atoms with Gasteiger partial charge in [0.25, 0.3) is 0 Å². The van der Waals surface area contributed by atoms with E-state index in [0.29, 0.717) is 30.5 Å². The highest BCUT2D eigenvalue weighted by Gasteiger charge is 2.17. The molecule has 0 radical (unpaired) electrons. The molecule has 3 rings (SSSR count). The van der Waals surface area contributed by atoms with Crippen LogP contribution in [-0.2, 0) is 6.54 Å². The lowest BCUT2D eigenvalue weighted by atomic mass is 9.98. The summed E-state index contributed by atoms with van der Waals surface area (Å²) in [7, 11) is 0. The first-order valence-electron chi connectivity index (χ1n) is 9.26. The second kappa shape index (κ2) is 9.76. The molecule has 1 aromatic heterocycles. The van der Waals surface area contributed by atoms with Gasteiger partial charge >= 0.3 is 5.97 Å². The molecule has 1 N–H and O–H groups in total. The number of thiocarbonyl (C=S) groups is 1. The highest BCUT2D eigenvalue weighted by Crippen LogP contribution is 2.25. The summed E-state index contributed by atoms with van der Waals surface area (Å²) in [6, 6.07) is 14.8. The van der Waals surface area contributed by atoms with Crippen LogP contribution in [0.3, 0.4) is 0 Å². The Bertz CT molecular complexity index is 1060. The number of nitrogens with zero attached hydrogens (tertiary/aromatic N) is 3. The van der Waals surface area contributed by atoms with Crippen molar-refractivity contribution in [3.05, 3.63) is 71.8 Å². The minimum Gasteiger partial charge on any atom is -0.478 e. The third kappa shape index (κ3) is 4.95. The maximum atomic E-state index is 11.5.